The number of rotatable bonds is 49. The van der Waals surface area contributed by atoms with Crippen molar-refractivity contribution in [2.75, 3.05) is 6.61 Å². The molecule has 0 aliphatic heterocycles. The lowest BCUT2D eigenvalue weighted by atomic mass is 9.85. The Labute approximate surface area is 421 Å². The Kier molecular flexibility index (Phi) is 42.6. The molecule has 0 aromatic carbocycles. The van der Waals surface area contributed by atoms with Gasteiger partial charge in [-0.1, -0.05) is 257 Å². The highest BCUT2D eigenvalue weighted by Crippen LogP contribution is 2.47. The predicted octanol–water partition coefficient (Wildman–Crippen LogP) is 11.7. The second-order valence-corrected chi connectivity index (χ2v) is 22.1. The van der Waals surface area contributed by atoms with Crippen LogP contribution in [0.4, 0.5) is 0 Å². The highest BCUT2D eigenvalue weighted by molar-refractivity contribution is 7.47. The fourth-order valence-electron chi connectivity index (χ4n) is 9.48. The maximum atomic E-state index is 13.1. The standard InChI is InChI=1S/C55H108NO12P/c1-3-5-7-9-11-13-15-17-19-21-23-24-25-27-29-31-33-35-37-39-41-43-48(58)47(45-67-69(65,66)68-55-53(63)51(61)50(60)52(62)54(55)64)56-49(59)44-46(57)42-40-38-36-34-32-30-28-26-22-20-18-16-14-12-10-8-6-4-2/h41,43,46-48,50-55,57-58,60-64H,3-40,42,44-45H2,1-2H3,(H,56,59)(H,65,66)/b43-41+. The van der Waals surface area contributed by atoms with E-state index in [9.17, 15) is 50.0 Å². The number of phosphoric ester groups is 1. The van der Waals surface area contributed by atoms with Gasteiger partial charge in [0.2, 0.25) is 5.91 Å². The summed E-state index contributed by atoms with van der Waals surface area (Å²) in [5, 5.41) is 74.9. The topological polar surface area (TPSA) is 226 Å². The van der Waals surface area contributed by atoms with Crippen LogP contribution >= 0.6 is 7.82 Å². The monoisotopic (exact) mass is 1010 g/mol. The average Bonchev–Trinajstić information content (AvgIpc) is 3.32. The van der Waals surface area contributed by atoms with E-state index in [1.165, 1.54) is 199 Å². The van der Waals surface area contributed by atoms with E-state index in [1.807, 2.05) is 0 Å². The lowest BCUT2D eigenvalue weighted by Crippen LogP contribution is -2.64. The highest BCUT2D eigenvalue weighted by atomic mass is 31.2. The zero-order valence-corrected chi connectivity index (χ0v) is 44.9. The molecule has 1 fully saturated rings. The van der Waals surface area contributed by atoms with E-state index in [0.717, 1.165) is 44.9 Å². The van der Waals surface area contributed by atoms with E-state index in [4.69, 9.17) is 9.05 Å². The molecule has 1 saturated carbocycles. The van der Waals surface area contributed by atoms with Crippen molar-refractivity contribution in [2.45, 2.75) is 326 Å². The Morgan fingerprint density at radius 1 is 0.507 bits per heavy atom. The number of carbonyl (C=O) groups excluding carboxylic acids is 1. The number of nitrogens with one attached hydrogen (secondary N) is 1. The number of unbranched alkanes of at least 4 members (excludes halogenated alkanes) is 36. The molecule has 0 spiro atoms. The normalized spacial score (nSPS) is 21.9. The molecule has 8 unspecified atom stereocenters. The van der Waals surface area contributed by atoms with Crippen molar-refractivity contribution >= 4 is 13.7 Å². The zero-order valence-electron chi connectivity index (χ0n) is 44.0. The van der Waals surface area contributed by atoms with E-state index in [-0.39, 0.29) is 6.42 Å². The molecule has 0 aromatic rings. The first-order valence-corrected chi connectivity index (χ1v) is 30.2. The van der Waals surface area contributed by atoms with E-state index < -0.39 is 75.2 Å². The van der Waals surface area contributed by atoms with Crippen LogP contribution in [0.25, 0.3) is 0 Å². The molecule has 410 valence electrons. The minimum atomic E-state index is -5.14. The van der Waals surface area contributed by atoms with Crippen molar-refractivity contribution in [1.82, 2.24) is 5.32 Å². The third-order valence-corrected chi connectivity index (χ3v) is 15.1. The van der Waals surface area contributed by atoms with Crippen LogP contribution in [0.15, 0.2) is 12.2 Å². The minimum Gasteiger partial charge on any atom is -0.393 e. The third-order valence-electron chi connectivity index (χ3n) is 14.1. The molecule has 0 aromatic heterocycles. The van der Waals surface area contributed by atoms with Gasteiger partial charge in [-0.2, -0.15) is 0 Å². The molecule has 1 aliphatic rings. The van der Waals surface area contributed by atoms with Crippen LogP contribution in [-0.2, 0) is 18.4 Å². The van der Waals surface area contributed by atoms with Crippen LogP contribution in [-0.4, -0.2) is 108 Å². The molecule has 8 atom stereocenters. The van der Waals surface area contributed by atoms with E-state index in [1.54, 1.807) is 6.08 Å². The Hall–Kier alpha value is -0.960. The smallest absolute Gasteiger partial charge is 0.393 e. The molecule has 0 saturated heterocycles. The average molecular weight is 1010 g/mol. The number of phosphoric acid groups is 1. The first kappa shape index (κ1) is 66.1. The van der Waals surface area contributed by atoms with Crippen molar-refractivity contribution in [2.24, 2.45) is 0 Å². The molecule has 0 radical (unpaired) electrons. The first-order chi connectivity index (χ1) is 33.3. The molecule has 1 amide bonds. The van der Waals surface area contributed by atoms with Gasteiger partial charge in [-0.05, 0) is 19.3 Å². The Balaban J connectivity index is 2.42. The largest absolute Gasteiger partial charge is 0.472 e. The molecule has 14 heteroatoms. The van der Waals surface area contributed by atoms with Gasteiger partial charge in [-0.15, -0.1) is 0 Å². The number of hydrogen-bond acceptors (Lipinski definition) is 11. The summed E-state index contributed by atoms with van der Waals surface area (Å²) in [5.41, 5.74) is 0. The Morgan fingerprint density at radius 2 is 0.826 bits per heavy atom. The van der Waals surface area contributed by atoms with Crippen molar-refractivity contribution < 1.29 is 59.0 Å². The second kappa shape index (κ2) is 44.5. The summed E-state index contributed by atoms with van der Waals surface area (Å²) >= 11 is 0. The van der Waals surface area contributed by atoms with E-state index in [0.29, 0.717) is 12.8 Å². The Morgan fingerprint density at radius 3 is 1.19 bits per heavy atom. The number of amides is 1. The van der Waals surface area contributed by atoms with Crippen molar-refractivity contribution in [1.29, 1.82) is 0 Å². The van der Waals surface area contributed by atoms with Crippen molar-refractivity contribution in [3.8, 4) is 0 Å². The van der Waals surface area contributed by atoms with Gasteiger partial charge in [0.15, 0.2) is 0 Å². The molecule has 69 heavy (non-hydrogen) atoms. The molecule has 9 N–H and O–H groups in total. The summed E-state index contributed by atoms with van der Waals surface area (Å²) in [6, 6.07) is -1.24. The fraction of sp³-hybridized carbons (Fsp3) is 0.945. The van der Waals surface area contributed by atoms with Crippen LogP contribution in [0.1, 0.15) is 271 Å². The van der Waals surface area contributed by atoms with Gasteiger partial charge < -0.3 is 46.0 Å². The SMILES string of the molecule is CCCCCCCCCCCCCCCCCCCCC/C=C/C(O)C(COP(=O)(O)OC1C(O)C(O)C(O)C(O)C1O)NC(=O)CC(O)CCCCCCCCCCCCCCCCCCCC. The number of hydrogen-bond donors (Lipinski definition) is 9. The summed E-state index contributed by atoms with van der Waals surface area (Å²) < 4.78 is 23.0. The van der Waals surface area contributed by atoms with Gasteiger partial charge in [-0.25, -0.2) is 4.57 Å². The summed E-state index contributed by atoms with van der Waals surface area (Å²) in [6.07, 6.45) is 37.2. The van der Waals surface area contributed by atoms with E-state index in [2.05, 4.69) is 19.2 Å². The van der Waals surface area contributed by atoms with Crippen molar-refractivity contribution in [3.05, 3.63) is 12.2 Å². The number of carbonyl (C=O) groups is 1. The molecule has 13 nitrogen and oxygen atoms in total. The predicted molar refractivity (Wildman–Crippen MR) is 280 cm³/mol. The zero-order chi connectivity index (χ0) is 50.8. The van der Waals surface area contributed by atoms with Gasteiger partial charge in [-0.3, -0.25) is 13.8 Å². The summed E-state index contributed by atoms with van der Waals surface area (Å²) in [7, 11) is -5.14. The van der Waals surface area contributed by atoms with Crippen LogP contribution in [0.2, 0.25) is 0 Å². The maximum Gasteiger partial charge on any atom is 0.472 e. The van der Waals surface area contributed by atoms with Gasteiger partial charge in [0, 0.05) is 0 Å². The lowest BCUT2D eigenvalue weighted by Gasteiger charge is -2.41. The third kappa shape index (κ3) is 35.8. The van der Waals surface area contributed by atoms with Gasteiger partial charge in [0.1, 0.15) is 36.6 Å². The molecule has 0 heterocycles. The Bertz CT molecular complexity index is 1230. The van der Waals surface area contributed by atoms with Crippen LogP contribution in [0.5, 0.6) is 0 Å². The number of allylic oxidation sites excluding steroid dienone is 1. The van der Waals surface area contributed by atoms with Crippen LogP contribution in [0, 0.1) is 0 Å². The minimum absolute atomic E-state index is 0.239. The second-order valence-electron chi connectivity index (χ2n) is 20.7. The maximum absolute atomic E-state index is 13.1. The molecule has 1 rings (SSSR count). The van der Waals surface area contributed by atoms with Crippen LogP contribution < -0.4 is 5.32 Å². The summed E-state index contributed by atoms with van der Waals surface area (Å²) in [5.74, 6) is -0.586. The van der Waals surface area contributed by atoms with Crippen LogP contribution in [0.3, 0.4) is 0 Å². The highest BCUT2D eigenvalue weighted by Gasteiger charge is 2.51. The fourth-order valence-corrected chi connectivity index (χ4v) is 10.4. The van der Waals surface area contributed by atoms with Gasteiger partial charge in [0.25, 0.3) is 0 Å². The van der Waals surface area contributed by atoms with E-state index >= 15 is 0 Å². The van der Waals surface area contributed by atoms with Gasteiger partial charge >= 0.3 is 7.82 Å². The summed E-state index contributed by atoms with van der Waals surface area (Å²) in [6.45, 7) is 3.80. The summed E-state index contributed by atoms with van der Waals surface area (Å²) in [4.78, 5) is 23.6. The molecule has 0 bridgehead atoms. The number of aliphatic hydroxyl groups is 7. The lowest BCUT2D eigenvalue weighted by molar-refractivity contribution is -0.220. The quantitative estimate of drug-likeness (QED) is 0.0158. The van der Waals surface area contributed by atoms with Gasteiger partial charge in [0.05, 0.1) is 31.3 Å². The molecular formula is C55H108NO12P. The molecule has 1 aliphatic carbocycles. The number of aliphatic hydroxyl groups excluding tert-OH is 7. The molecular weight excluding hydrogens is 898 g/mol. The first-order valence-electron chi connectivity index (χ1n) is 28.7. The van der Waals surface area contributed by atoms with Crippen molar-refractivity contribution in [3.63, 3.8) is 0 Å².